The minimum absolute atomic E-state index is 0.261. The number of hydrogen-bond acceptors (Lipinski definition) is 2. The van der Waals surface area contributed by atoms with Crippen LogP contribution in [0.2, 0.25) is 0 Å². The highest BCUT2D eigenvalue weighted by Gasteiger charge is 2.29. The van der Waals surface area contributed by atoms with Crippen molar-refractivity contribution >= 4 is 5.69 Å². The SMILES string of the molecule is FC(F)(F)COc1ccccc1NC1CCC1. The summed E-state index contributed by atoms with van der Waals surface area (Å²) in [5.74, 6) is 0.261. The smallest absolute Gasteiger partial charge is 0.422 e. The summed E-state index contributed by atoms with van der Waals surface area (Å²) in [5, 5.41) is 3.19. The van der Waals surface area contributed by atoms with E-state index in [0.29, 0.717) is 11.7 Å². The van der Waals surface area contributed by atoms with Gasteiger partial charge in [0.05, 0.1) is 5.69 Å². The van der Waals surface area contributed by atoms with Crippen LogP contribution in [0.5, 0.6) is 5.75 Å². The summed E-state index contributed by atoms with van der Waals surface area (Å²) in [6.45, 7) is -1.25. The number of ether oxygens (including phenoxy) is 1. The van der Waals surface area contributed by atoms with Crippen molar-refractivity contribution in [3.05, 3.63) is 24.3 Å². The molecule has 1 saturated carbocycles. The third-order valence-electron chi connectivity index (χ3n) is 2.74. The molecule has 1 aliphatic carbocycles. The molecule has 17 heavy (non-hydrogen) atoms. The fourth-order valence-corrected chi connectivity index (χ4v) is 1.64. The Morgan fingerprint density at radius 1 is 1.24 bits per heavy atom. The predicted octanol–water partition coefficient (Wildman–Crippen LogP) is 3.59. The van der Waals surface area contributed by atoms with Gasteiger partial charge < -0.3 is 10.1 Å². The van der Waals surface area contributed by atoms with Crippen LogP contribution in [-0.4, -0.2) is 18.8 Å². The van der Waals surface area contributed by atoms with Gasteiger partial charge in [0.1, 0.15) is 5.75 Å². The third-order valence-corrected chi connectivity index (χ3v) is 2.74. The number of alkyl halides is 3. The van der Waals surface area contributed by atoms with Gasteiger partial charge in [0.2, 0.25) is 0 Å². The number of hydrogen-bond donors (Lipinski definition) is 1. The van der Waals surface area contributed by atoms with E-state index in [1.807, 2.05) is 0 Å². The van der Waals surface area contributed by atoms with Crippen molar-refractivity contribution < 1.29 is 17.9 Å². The van der Waals surface area contributed by atoms with Gasteiger partial charge in [0.25, 0.3) is 0 Å². The minimum Gasteiger partial charge on any atom is -0.482 e. The second-order valence-corrected chi connectivity index (χ2v) is 4.17. The maximum absolute atomic E-state index is 12.1. The summed E-state index contributed by atoms with van der Waals surface area (Å²) in [7, 11) is 0. The zero-order valence-corrected chi connectivity index (χ0v) is 9.26. The second kappa shape index (κ2) is 4.85. The monoisotopic (exact) mass is 245 g/mol. The topological polar surface area (TPSA) is 21.3 Å². The van der Waals surface area contributed by atoms with Crippen molar-refractivity contribution in [2.24, 2.45) is 0 Å². The zero-order valence-electron chi connectivity index (χ0n) is 9.26. The normalized spacial score (nSPS) is 16.4. The van der Waals surface area contributed by atoms with E-state index in [-0.39, 0.29) is 5.75 Å². The largest absolute Gasteiger partial charge is 0.482 e. The van der Waals surface area contributed by atoms with Gasteiger partial charge in [-0.25, -0.2) is 0 Å². The molecule has 0 spiro atoms. The van der Waals surface area contributed by atoms with Crippen molar-refractivity contribution in [3.63, 3.8) is 0 Å². The molecule has 0 aliphatic heterocycles. The summed E-state index contributed by atoms with van der Waals surface area (Å²) in [5.41, 5.74) is 0.640. The summed E-state index contributed by atoms with van der Waals surface area (Å²) < 4.78 is 41.0. The zero-order chi connectivity index (χ0) is 12.3. The van der Waals surface area contributed by atoms with Gasteiger partial charge >= 0.3 is 6.18 Å². The molecule has 1 N–H and O–H groups in total. The molecular formula is C12H14F3NO. The van der Waals surface area contributed by atoms with E-state index >= 15 is 0 Å². The lowest BCUT2D eigenvalue weighted by Gasteiger charge is -2.28. The van der Waals surface area contributed by atoms with E-state index in [4.69, 9.17) is 4.74 Å². The van der Waals surface area contributed by atoms with Crippen LogP contribution in [0.25, 0.3) is 0 Å². The Morgan fingerprint density at radius 3 is 2.53 bits per heavy atom. The summed E-state index contributed by atoms with van der Waals surface area (Å²) in [6, 6.07) is 7.10. The third kappa shape index (κ3) is 3.54. The van der Waals surface area contributed by atoms with Gasteiger partial charge in [-0.05, 0) is 31.4 Å². The van der Waals surface area contributed by atoms with Crippen molar-refractivity contribution in [1.29, 1.82) is 0 Å². The van der Waals surface area contributed by atoms with Crippen LogP contribution in [-0.2, 0) is 0 Å². The number of halogens is 3. The highest BCUT2D eigenvalue weighted by molar-refractivity contribution is 5.56. The van der Waals surface area contributed by atoms with Crippen LogP contribution in [0.1, 0.15) is 19.3 Å². The van der Waals surface area contributed by atoms with Crippen molar-refractivity contribution in [3.8, 4) is 5.75 Å². The number of benzene rings is 1. The average Bonchev–Trinajstić information content (AvgIpc) is 2.21. The Kier molecular flexibility index (Phi) is 3.45. The van der Waals surface area contributed by atoms with Gasteiger partial charge in [0.15, 0.2) is 6.61 Å². The Labute approximate surface area is 97.8 Å². The molecule has 1 aliphatic rings. The van der Waals surface area contributed by atoms with Crippen molar-refractivity contribution in [1.82, 2.24) is 0 Å². The molecule has 1 aromatic rings. The molecule has 0 unspecified atom stereocenters. The molecule has 0 heterocycles. The average molecular weight is 245 g/mol. The first-order chi connectivity index (χ1) is 8.04. The fourth-order valence-electron chi connectivity index (χ4n) is 1.64. The molecular weight excluding hydrogens is 231 g/mol. The van der Waals surface area contributed by atoms with Crippen LogP contribution < -0.4 is 10.1 Å². The molecule has 0 atom stereocenters. The maximum atomic E-state index is 12.1. The fraction of sp³-hybridized carbons (Fsp3) is 0.500. The molecule has 0 aromatic heterocycles. The van der Waals surface area contributed by atoms with Crippen LogP contribution in [0.3, 0.4) is 0 Å². The quantitative estimate of drug-likeness (QED) is 0.875. The number of rotatable bonds is 4. The Balaban J connectivity index is 1.99. The standard InChI is InChI=1S/C12H14F3NO/c13-12(14,15)8-17-11-7-2-1-6-10(11)16-9-4-3-5-9/h1-2,6-7,9,16H,3-5,8H2. The lowest BCUT2D eigenvalue weighted by Crippen LogP contribution is -2.27. The van der Waals surface area contributed by atoms with E-state index in [1.54, 1.807) is 24.3 Å². The molecule has 2 nitrogen and oxygen atoms in total. The van der Waals surface area contributed by atoms with Crippen LogP contribution in [0.4, 0.5) is 18.9 Å². The van der Waals surface area contributed by atoms with E-state index in [2.05, 4.69) is 5.32 Å². The first kappa shape index (κ1) is 12.1. The van der Waals surface area contributed by atoms with E-state index in [0.717, 1.165) is 12.8 Å². The van der Waals surface area contributed by atoms with Crippen LogP contribution in [0, 0.1) is 0 Å². The Morgan fingerprint density at radius 2 is 1.94 bits per heavy atom. The van der Waals surface area contributed by atoms with Crippen LogP contribution in [0.15, 0.2) is 24.3 Å². The lowest BCUT2D eigenvalue weighted by atomic mass is 9.93. The highest BCUT2D eigenvalue weighted by atomic mass is 19.4. The second-order valence-electron chi connectivity index (χ2n) is 4.17. The molecule has 0 radical (unpaired) electrons. The maximum Gasteiger partial charge on any atom is 0.422 e. The Bertz CT molecular complexity index is 374. The highest BCUT2D eigenvalue weighted by Crippen LogP contribution is 2.30. The van der Waals surface area contributed by atoms with Gasteiger partial charge in [-0.1, -0.05) is 12.1 Å². The molecule has 1 fully saturated rings. The summed E-state index contributed by atoms with van der Waals surface area (Å²) in [6.07, 6.45) is -1.01. The number of para-hydroxylation sites is 2. The molecule has 0 bridgehead atoms. The van der Waals surface area contributed by atoms with Gasteiger partial charge in [0, 0.05) is 6.04 Å². The van der Waals surface area contributed by atoms with E-state index in [1.165, 1.54) is 6.42 Å². The van der Waals surface area contributed by atoms with Crippen LogP contribution >= 0.6 is 0 Å². The minimum atomic E-state index is -4.30. The molecule has 0 saturated heterocycles. The molecule has 2 rings (SSSR count). The molecule has 0 amide bonds. The first-order valence-corrected chi connectivity index (χ1v) is 5.60. The predicted molar refractivity (Wildman–Crippen MR) is 59.3 cm³/mol. The Hall–Kier alpha value is -1.39. The first-order valence-electron chi connectivity index (χ1n) is 5.60. The summed E-state index contributed by atoms with van der Waals surface area (Å²) in [4.78, 5) is 0. The molecule has 5 heteroatoms. The van der Waals surface area contributed by atoms with Gasteiger partial charge in [-0.2, -0.15) is 13.2 Å². The van der Waals surface area contributed by atoms with Crippen molar-refractivity contribution in [2.75, 3.05) is 11.9 Å². The lowest BCUT2D eigenvalue weighted by molar-refractivity contribution is -0.153. The molecule has 94 valence electrons. The van der Waals surface area contributed by atoms with Gasteiger partial charge in [-0.3, -0.25) is 0 Å². The van der Waals surface area contributed by atoms with E-state index in [9.17, 15) is 13.2 Å². The van der Waals surface area contributed by atoms with Crippen molar-refractivity contribution in [2.45, 2.75) is 31.5 Å². The number of nitrogens with one attached hydrogen (secondary N) is 1. The summed E-state index contributed by atoms with van der Waals surface area (Å²) >= 11 is 0. The van der Waals surface area contributed by atoms with Gasteiger partial charge in [-0.15, -0.1) is 0 Å². The van der Waals surface area contributed by atoms with E-state index < -0.39 is 12.8 Å². The number of anilines is 1. The molecule has 1 aromatic carbocycles.